The van der Waals surface area contributed by atoms with E-state index in [0.29, 0.717) is 5.92 Å². The quantitative estimate of drug-likeness (QED) is 0.639. The Morgan fingerprint density at radius 1 is 1.29 bits per heavy atom. The molecule has 6 heteroatoms. The summed E-state index contributed by atoms with van der Waals surface area (Å²) < 4.78 is 7.77. The maximum absolute atomic E-state index is 11.0. The van der Waals surface area contributed by atoms with E-state index in [2.05, 4.69) is 0 Å². The molecule has 1 aliphatic carbocycles. The highest BCUT2D eigenvalue weighted by molar-refractivity contribution is 5.85. The Morgan fingerprint density at radius 3 is 2.81 bits per heavy atom. The molecule has 2 aliphatic rings. The monoisotopic (exact) mass is 287 g/mol. The Morgan fingerprint density at radius 2 is 2.14 bits per heavy atom. The van der Waals surface area contributed by atoms with Crippen LogP contribution in [0.3, 0.4) is 0 Å². The highest BCUT2D eigenvalue weighted by atomic mass is 16.6. The molecule has 2 heterocycles. The van der Waals surface area contributed by atoms with E-state index in [9.17, 15) is 10.1 Å². The average molecular weight is 287 g/mol. The SMILES string of the molecule is O=[N+]([O-])c1ccc2c(c1)c(C1CC1)nn2C1CCCCO1. The van der Waals surface area contributed by atoms with Crippen LogP contribution in [-0.4, -0.2) is 21.3 Å². The third-order valence-corrected chi connectivity index (χ3v) is 4.32. The van der Waals surface area contributed by atoms with Crippen molar-refractivity contribution in [2.75, 3.05) is 6.61 Å². The lowest BCUT2D eigenvalue weighted by Crippen LogP contribution is -2.19. The first-order valence-corrected chi connectivity index (χ1v) is 7.52. The molecule has 0 spiro atoms. The number of benzene rings is 1. The zero-order valence-corrected chi connectivity index (χ0v) is 11.7. The molecule has 0 amide bonds. The first kappa shape index (κ1) is 12.8. The summed E-state index contributed by atoms with van der Waals surface area (Å²) in [5.41, 5.74) is 2.09. The number of fused-ring (bicyclic) bond motifs is 1. The Balaban J connectivity index is 1.85. The Bertz CT molecular complexity index is 699. The fourth-order valence-corrected chi connectivity index (χ4v) is 3.06. The van der Waals surface area contributed by atoms with Crippen LogP contribution in [0.2, 0.25) is 0 Å². The van der Waals surface area contributed by atoms with Crippen LogP contribution in [0.5, 0.6) is 0 Å². The van der Waals surface area contributed by atoms with E-state index in [-0.39, 0.29) is 16.8 Å². The number of nitro groups is 1. The molecule has 2 aromatic rings. The number of aromatic nitrogens is 2. The molecule has 110 valence electrons. The molecule has 0 bridgehead atoms. The second-order valence-corrected chi connectivity index (χ2v) is 5.88. The smallest absolute Gasteiger partial charge is 0.270 e. The number of non-ortho nitro benzene ring substituents is 1. The second-order valence-electron chi connectivity index (χ2n) is 5.88. The van der Waals surface area contributed by atoms with Crippen LogP contribution in [-0.2, 0) is 4.74 Å². The number of nitrogens with zero attached hydrogens (tertiary/aromatic N) is 3. The van der Waals surface area contributed by atoms with Gasteiger partial charge in [0, 0.05) is 30.0 Å². The van der Waals surface area contributed by atoms with Crippen LogP contribution in [0.1, 0.15) is 49.9 Å². The van der Waals surface area contributed by atoms with Crippen molar-refractivity contribution in [1.29, 1.82) is 0 Å². The molecule has 0 radical (unpaired) electrons. The van der Waals surface area contributed by atoms with Gasteiger partial charge in [-0.2, -0.15) is 5.10 Å². The third kappa shape index (κ3) is 2.19. The van der Waals surface area contributed by atoms with Crippen molar-refractivity contribution >= 4 is 16.6 Å². The van der Waals surface area contributed by atoms with Crippen LogP contribution in [0, 0.1) is 10.1 Å². The van der Waals surface area contributed by atoms with Crippen molar-refractivity contribution in [3.05, 3.63) is 34.0 Å². The Kier molecular flexibility index (Phi) is 2.92. The zero-order valence-electron chi connectivity index (χ0n) is 11.7. The lowest BCUT2D eigenvalue weighted by molar-refractivity contribution is -0.384. The normalized spacial score (nSPS) is 22.6. The fraction of sp³-hybridized carbons (Fsp3) is 0.533. The lowest BCUT2D eigenvalue weighted by Gasteiger charge is -2.23. The molecule has 6 nitrogen and oxygen atoms in total. The van der Waals surface area contributed by atoms with Gasteiger partial charge in [0.2, 0.25) is 0 Å². The number of ether oxygens (including phenoxy) is 1. The minimum Gasteiger partial charge on any atom is -0.356 e. The van der Waals surface area contributed by atoms with Crippen LogP contribution in [0.4, 0.5) is 5.69 Å². The van der Waals surface area contributed by atoms with Gasteiger partial charge < -0.3 is 4.74 Å². The maximum Gasteiger partial charge on any atom is 0.270 e. The second kappa shape index (κ2) is 4.80. The molecule has 1 aliphatic heterocycles. The maximum atomic E-state index is 11.0. The highest BCUT2D eigenvalue weighted by Gasteiger charge is 2.31. The summed E-state index contributed by atoms with van der Waals surface area (Å²) in [5.74, 6) is 0.458. The molecular weight excluding hydrogens is 270 g/mol. The van der Waals surface area contributed by atoms with E-state index in [1.54, 1.807) is 12.1 Å². The minimum absolute atomic E-state index is 0.0322. The van der Waals surface area contributed by atoms with Gasteiger partial charge in [-0.15, -0.1) is 0 Å². The predicted molar refractivity (Wildman–Crippen MR) is 77.2 cm³/mol. The van der Waals surface area contributed by atoms with Crippen molar-refractivity contribution in [3.63, 3.8) is 0 Å². The largest absolute Gasteiger partial charge is 0.356 e. The Labute approximate surface area is 121 Å². The Hall–Kier alpha value is -1.95. The molecule has 1 aromatic heterocycles. The van der Waals surface area contributed by atoms with E-state index in [0.717, 1.165) is 55.3 Å². The fourth-order valence-electron chi connectivity index (χ4n) is 3.06. The molecule has 21 heavy (non-hydrogen) atoms. The zero-order chi connectivity index (χ0) is 14.4. The van der Waals surface area contributed by atoms with Gasteiger partial charge in [0.15, 0.2) is 6.23 Å². The number of rotatable bonds is 3. The molecule has 0 N–H and O–H groups in total. The van der Waals surface area contributed by atoms with Gasteiger partial charge in [-0.25, -0.2) is 4.68 Å². The predicted octanol–water partition coefficient (Wildman–Crippen LogP) is 3.52. The van der Waals surface area contributed by atoms with Gasteiger partial charge in [-0.05, 0) is 38.2 Å². The summed E-state index contributed by atoms with van der Waals surface area (Å²) in [5, 5.41) is 16.7. The van der Waals surface area contributed by atoms with E-state index in [1.165, 1.54) is 0 Å². The van der Waals surface area contributed by atoms with Gasteiger partial charge >= 0.3 is 0 Å². The molecule has 1 saturated carbocycles. The van der Waals surface area contributed by atoms with Crippen LogP contribution >= 0.6 is 0 Å². The molecule has 1 saturated heterocycles. The summed E-state index contributed by atoms with van der Waals surface area (Å²) >= 11 is 0. The lowest BCUT2D eigenvalue weighted by atomic mass is 10.1. The van der Waals surface area contributed by atoms with E-state index in [1.807, 2.05) is 10.7 Å². The van der Waals surface area contributed by atoms with Crippen molar-refractivity contribution in [2.24, 2.45) is 0 Å². The van der Waals surface area contributed by atoms with E-state index in [4.69, 9.17) is 9.84 Å². The molecule has 4 rings (SSSR count). The minimum atomic E-state index is -0.343. The van der Waals surface area contributed by atoms with Crippen molar-refractivity contribution in [3.8, 4) is 0 Å². The van der Waals surface area contributed by atoms with Crippen LogP contribution in [0.15, 0.2) is 18.2 Å². The summed E-state index contributed by atoms with van der Waals surface area (Å²) in [6.45, 7) is 0.762. The molecule has 1 atom stereocenters. The average Bonchev–Trinajstić information content (AvgIpc) is 3.28. The van der Waals surface area contributed by atoms with Gasteiger partial charge in [0.25, 0.3) is 5.69 Å². The first-order valence-electron chi connectivity index (χ1n) is 7.52. The van der Waals surface area contributed by atoms with Crippen LogP contribution < -0.4 is 0 Å². The topological polar surface area (TPSA) is 70.2 Å². The first-order chi connectivity index (χ1) is 10.2. The summed E-state index contributed by atoms with van der Waals surface area (Å²) in [6, 6.07) is 5.03. The number of hydrogen-bond donors (Lipinski definition) is 0. The standard InChI is InChI=1S/C15H17N3O3/c19-18(20)11-6-7-13-12(9-11)15(10-4-5-10)16-17(13)14-3-1-2-8-21-14/h6-7,9-10,14H,1-5,8H2. The van der Waals surface area contributed by atoms with E-state index >= 15 is 0 Å². The van der Waals surface area contributed by atoms with Crippen molar-refractivity contribution < 1.29 is 9.66 Å². The van der Waals surface area contributed by atoms with Gasteiger partial charge in [0.1, 0.15) is 0 Å². The molecular formula is C15H17N3O3. The number of nitro benzene ring substituents is 1. The summed E-state index contributed by atoms with van der Waals surface area (Å²) in [6.07, 6.45) is 5.41. The summed E-state index contributed by atoms with van der Waals surface area (Å²) in [4.78, 5) is 10.7. The van der Waals surface area contributed by atoms with Crippen LogP contribution in [0.25, 0.3) is 10.9 Å². The number of hydrogen-bond acceptors (Lipinski definition) is 4. The highest BCUT2D eigenvalue weighted by Crippen LogP contribution is 2.44. The van der Waals surface area contributed by atoms with Gasteiger partial charge in [-0.3, -0.25) is 10.1 Å². The molecule has 2 fully saturated rings. The third-order valence-electron chi connectivity index (χ3n) is 4.32. The molecule has 1 aromatic carbocycles. The van der Waals surface area contributed by atoms with Crippen molar-refractivity contribution in [1.82, 2.24) is 9.78 Å². The summed E-state index contributed by atoms with van der Waals surface area (Å²) in [7, 11) is 0. The van der Waals surface area contributed by atoms with E-state index < -0.39 is 0 Å². The van der Waals surface area contributed by atoms with Gasteiger partial charge in [0.05, 0.1) is 16.1 Å². The van der Waals surface area contributed by atoms with Gasteiger partial charge in [-0.1, -0.05) is 0 Å². The molecule has 1 unspecified atom stereocenters. The van der Waals surface area contributed by atoms with Crippen molar-refractivity contribution in [2.45, 2.75) is 44.2 Å².